The molecule has 132 valence electrons. The fourth-order valence-electron chi connectivity index (χ4n) is 2.28. The molecule has 0 spiro atoms. The molecule has 2 amide bonds. The molecule has 1 fully saturated rings. The van der Waals surface area contributed by atoms with Gasteiger partial charge in [0.2, 0.25) is 5.91 Å². The lowest BCUT2D eigenvalue weighted by atomic mass is 10.2. The molecule has 2 rings (SSSR count). The zero-order chi connectivity index (χ0) is 17.9. The molecule has 1 aromatic carbocycles. The van der Waals surface area contributed by atoms with E-state index in [1.165, 1.54) is 0 Å². The third-order valence-corrected chi connectivity index (χ3v) is 3.90. The highest BCUT2D eigenvalue weighted by molar-refractivity contribution is 6.33. The fourth-order valence-corrected chi connectivity index (χ4v) is 2.44. The smallest absolute Gasteiger partial charge is 0.416 e. The topological polar surface area (TPSA) is 75.7 Å². The van der Waals surface area contributed by atoms with E-state index in [9.17, 15) is 27.9 Å². The molecule has 0 saturated carbocycles. The minimum atomic E-state index is -4.54. The van der Waals surface area contributed by atoms with Gasteiger partial charge >= 0.3 is 6.18 Å². The first-order valence-electron chi connectivity index (χ1n) is 7.01. The summed E-state index contributed by atoms with van der Waals surface area (Å²) >= 11 is 5.81. The summed E-state index contributed by atoms with van der Waals surface area (Å²) in [6.07, 6.45) is -5.81. The number of hydrogen-bond acceptors (Lipinski definition) is 4. The average Bonchev–Trinajstić information content (AvgIpc) is 2.48. The molecule has 10 heteroatoms. The monoisotopic (exact) mass is 364 g/mol. The second kappa shape index (κ2) is 7.27. The van der Waals surface area contributed by atoms with E-state index < -0.39 is 23.7 Å². The van der Waals surface area contributed by atoms with Crippen LogP contribution in [0.4, 0.5) is 23.7 Å². The number of rotatable bonds is 3. The molecule has 6 nitrogen and oxygen atoms in total. The maximum absolute atomic E-state index is 12.7. The van der Waals surface area contributed by atoms with Crippen LogP contribution in [-0.2, 0) is 11.0 Å². The van der Waals surface area contributed by atoms with Gasteiger partial charge in [0.15, 0.2) is 0 Å². The number of carboxylic acid groups (broad SMARTS) is 1. The molecule has 0 radical (unpaired) electrons. The third-order valence-electron chi connectivity index (χ3n) is 3.57. The van der Waals surface area contributed by atoms with Gasteiger partial charge in [-0.15, -0.1) is 0 Å². The largest absolute Gasteiger partial charge is 0.530 e. The summed E-state index contributed by atoms with van der Waals surface area (Å²) in [5.74, 6) is -0.530. The summed E-state index contributed by atoms with van der Waals surface area (Å²) in [5.41, 5.74) is -1.03. The van der Waals surface area contributed by atoms with Crippen molar-refractivity contribution in [1.82, 2.24) is 9.80 Å². The van der Waals surface area contributed by atoms with Gasteiger partial charge < -0.3 is 20.1 Å². The van der Waals surface area contributed by atoms with Crippen molar-refractivity contribution in [1.29, 1.82) is 0 Å². The van der Waals surface area contributed by atoms with E-state index in [0.29, 0.717) is 13.1 Å². The predicted molar refractivity (Wildman–Crippen MR) is 78.5 cm³/mol. The van der Waals surface area contributed by atoms with E-state index in [-0.39, 0.29) is 30.3 Å². The molecule has 0 bridgehead atoms. The standard InChI is InChI=1S/C14H15ClF3N3O3/c15-10-2-1-9(14(16,17)18)7-11(10)19-12(22)8-20-3-5-21(6-4-20)13(23)24/h1-2,7H,3-6,8H2,(H,19,22)(H,23,24)/p-1. The second-order valence-electron chi connectivity index (χ2n) is 5.27. The molecule has 0 atom stereocenters. The SMILES string of the molecule is O=C(CN1CCN(C(=O)[O-])CC1)Nc1cc(C(F)(F)F)ccc1Cl. The van der Waals surface area contributed by atoms with Gasteiger partial charge in [-0.1, -0.05) is 11.6 Å². The highest BCUT2D eigenvalue weighted by Crippen LogP contribution is 2.33. The normalized spacial score (nSPS) is 16.1. The number of carbonyl (C=O) groups excluding carboxylic acids is 2. The lowest BCUT2D eigenvalue weighted by Gasteiger charge is -2.35. The Morgan fingerprint density at radius 3 is 2.38 bits per heavy atom. The number of amides is 2. The molecule has 0 aliphatic carbocycles. The summed E-state index contributed by atoms with van der Waals surface area (Å²) in [4.78, 5) is 25.5. The summed E-state index contributed by atoms with van der Waals surface area (Å²) in [6.45, 7) is 1.00. The zero-order valence-electron chi connectivity index (χ0n) is 12.4. The Morgan fingerprint density at radius 1 is 1.21 bits per heavy atom. The van der Waals surface area contributed by atoms with Crippen LogP contribution in [0.5, 0.6) is 0 Å². The molecule has 1 aliphatic heterocycles. The maximum atomic E-state index is 12.7. The van der Waals surface area contributed by atoms with E-state index >= 15 is 0 Å². The van der Waals surface area contributed by atoms with Crippen molar-refractivity contribution in [3.63, 3.8) is 0 Å². The molecule has 1 saturated heterocycles. The summed E-state index contributed by atoms with van der Waals surface area (Å²) in [7, 11) is 0. The van der Waals surface area contributed by atoms with Gasteiger partial charge in [-0.2, -0.15) is 13.2 Å². The minimum Gasteiger partial charge on any atom is -0.530 e. The Hall–Kier alpha value is -2.00. The summed E-state index contributed by atoms with van der Waals surface area (Å²) < 4.78 is 38.1. The predicted octanol–water partition coefficient (Wildman–Crippen LogP) is 1.26. The van der Waals surface area contributed by atoms with E-state index in [4.69, 9.17) is 11.6 Å². The molecular formula is C14H14ClF3N3O3-. The van der Waals surface area contributed by atoms with Crippen molar-refractivity contribution in [3.8, 4) is 0 Å². The Morgan fingerprint density at radius 2 is 1.83 bits per heavy atom. The zero-order valence-corrected chi connectivity index (χ0v) is 13.2. The van der Waals surface area contributed by atoms with Crippen LogP contribution in [0, 0.1) is 0 Å². The van der Waals surface area contributed by atoms with Gasteiger partial charge in [0.1, 0.15) is 6.09 Å². The van der Waals surface area contributed by atoms with Crippen molar-refractivity contribution < 1.29 is 27.9 Å². The van der Waals surface area contributed by atoms with Crippen LogP contribution in [-0.4, -0.2) is 54.5 Å². The fraction of sp³-hybridized carbons (Fsp3) is 0.429. The Kier molecular flexibility index (Phi) is 5.55. The van der Waals surface area contributed by atoms with Crippen LogP contribution in [0.15, 0.2) is 18.2 Å². The first-order valence-corrected chi connectivity index (χ1v) is 7.39. The molecule has 1 heterocycles. The van der Waals surface area contributed by atoms with E-state index in [1.54, 1.807) is 4.90 Å². The van der Waals surface area contributed by atoms with Crippen LogP contribution in [0.1, 0.15) is 5.56 Å². The Bertz CT molecular complexity index is 631. The van der Waals surface area contributed by atoms with E-state index in [2.05, 4.69) is 5.32 Å². The lowest BCUT2D eigenvalue weighted by Crippen LogP contribution is -2.53. The highest BCUT2D eigenvalue weighted by atomic mass is 35.5. The number of hydrogen-bond donors (Lipinski definition) is 1. The van der Waals surface area contributed by atoms with Gasteiger partial charge in [0.25, 0.3) is 0 Å². The molecule has 1 N–H and O–H groups in total. The van der Waals surface area contributed by atoms with E-state index in [1.807, 2.05) is 0 Å². The van der Waals surface area contributed by atoms with Crippen LogP contribution in [0.3, 0.4) is 0 Å². The van der Waals surface area contributed by atoms with Crippen molar-refractivity contribution in [2.45, 2.75) is 6.18 Å². The van der Waals surface area contributed by atoms with Gasteiger partial charge in [-0.3, -0.25) is 9.69 Å². The number of benzene rings is 1. The molecular weight excluding hydrogens is 351 g/mol. The van der Waals surface area contributed by atoms with Crippen molar-refractivity contribution in [3.05, 3.63) is 28.8 Å². The van der Waals surface area contributed by atoms with Crippen LogP contribution >= 0.6 is 11.6 Å². The molecule has 24 heavy (non-hydrogen) atoms. The number of carbonyl (C=O) groups is 2. The number of piperazine rings is 1. The number of anilines is 1. The Balaban J connectivity index is 1.94. The second-order valence-corrected chi connectivity index (χ2v) is 5.68. The van der Waals surface area contributed by atoms with E-state index in [0.717, 1.165) is 23.1 Å². The number of halogens is 4. The van der Waals surface area contributed by atoms with Crippen molar-refractivity contribution >= 4 is 29.3 Å². The third kappa shape index (κ3) is 4.75. The minimum absolute atomic E-state index is 0.00174. The molecule has 0 unspecified atom stereocenters. The first kappa shape index (κ1) is 18.3. The number of nitrogens with one attached hydrogen (secondary N) is 1. The molecule has 1 aliphatic rings. The molecule has 0 aromatic heterocycles. The lowest BCUT2D eigenvalue weighted by molar-refractivity contribution is -0.266. The number of alkyl halides is 3. The first-order chi connectivity index (χ1) is 11.2. The van der Waals surface area contributed by atoms with Gasteiger partial charge in [0, 0.05) is 26.2 Å². The average molecular weight is 365 g/mol. The van der Waals surface area contributed by atoms with Crippen LogP contribution < -0.4 is 10.4 Å². The Labute approximate surface area is 140 Å². The maximum Gasteiger partial charge on any atom is 0.416 e. The van der Waals surface area contributed by atoms with Gasteiger partial charge in [-0.25, -0.2) is 0 Å². The number of nitrogens with zero attached hydrogens (tertiary/aromatic N) is 2. The summed E-state index contributed by atoms with van der Waals surface area (Å²) in [5, 5.41) is 13.0. The van der Waals surface area contributed by atoms with Crippen LogP contribution in [0.2, 0.25) is 5.02 Å². The van der Waals surface area contributed by atoms with Gasteiger partial charge in [-0.05, 0) is 18.2 Å². The van der Waals surface area contributed by atoms with Gasteiger partial charge in [0.05, 0.1) is 22.8 Å². The quantitative estimate of drug-likeness (QED) is 0.876. The van der Waals surface area contributed by atoms with Crippen LogP contribution in [0.25, 0.3) is 0 Å². The van der Waals surface area contributed by atoms with Crippen molar-refractivity contribution in [2.24, 2.45) is 0 Å². The highest BCUT2D eigenvalue weighted by Gasteiger charge is 2.31. The molecule has 1 aromatic rings. The summed E-state index contributed by atoms with van der Waals surface area (Å²) in [6, 6.07) is 2.67. The van der Waals surface area contributed by atoms with Crippen molar-refractivity contribution in [2.75, 3.05) is 38.0 Å².